The van der Waals surface area contributed by atoms with Crippen LogP contribution in [-0.4, -0.2) is 38.6 Å². The Morgan fingerprint density at radius 2 is 1.31 bits per heavy atom. The highest BCUT2D eigenvalue weighted by molar-refractivity contribution is 5.97. The summed E-state index contributed by atoms with van der Waals surface area (Å²) in [5.74, 6) is 1.61. The van der Waals surface area contributed by atoms with Crippen LogP contribution in [0, 0.1) is 10.1 Å². The fourth-order valence-electron chi connectivity index (χ4n) is 4.45. The van der Waals surface area contributed by atoms with Crippen LogP contribution in [0.25, 0.3) is 0 Å². The van der Waals surface area contributed by atoms with E-state index < -0.39 is 17.4 Å². The van der Waals surface area contributed by atoms with Crippen molar-refractivity contribution >= 4 is 5.78 Å². The van der Waals surface area contributed by atoms with Crippen LogP contribution < -0.4 is 23.7 Å². The van der Waals surface area contributed by atoms with Crippen molar-refractivity contribution in [3.05, 3.63) is 123 Å². The molecule has 0 amide bonds. The van der Waals surface area contributed by atoms with Gasteiger partial charge in [0.15, 0.2) is 28.8 Å². The monoisotopic (exact) mass is 571 g/mol. The maximum Gasteiger partial charge on any atom is 0.211 e. The molecule has 0 aliphatic carbocycles. The lowest BCUT2D eigenvalue weighted by Crippen LogP contribution is -2.17. The average Bonchev–Trinajstić information content (AvgIpc) is 3.02. The topological polar surface area (TPSA) is 106 Å². The van der Waals surface area contributed by atoms with Crippen molar-refractivity contribution < 1.29 is 33.4 Å². The molecule has 1 unspecified atom stereocenters. The van der Waals surface area contributed by atoms with E-state index in [2.05, 4.69) is 0 Å². The van der Waals surface area contributed by atoms with Gasteiger partial charge < -0.3 is 23.7 Å². The molecule has 1 atom stereocenters. The molecule has 218 valence electrons. The Kier molecular flexibility index (Phi) is 10.4. The predicted octanol–water partition coefficient (Wildman–Crippen LogP) is 6.50. The molecular weight excluding hydrogens is 538 g/mol. The zero-order chi connectivity index (χ0) is 29.9. The van der Waals surface area contributed by atoms with Gasteiger partial charge in [-0.3, -0.25) is 14.9 Å². The summed E-state index contributed by atoms with van der Waals surface area (Å²) in [6.45, 7) is 0.219. The highest BCUT2D eigenvalue weighted by atomic mass is 16.6. The first-order valence-electron chi connectivity index (χ1n) is 13.3. The minimum Gasteiger partial charge on any atom is -0.497 e. The fraction of sp³-hybridized carbons (Fsp3) is 0.242. The van der Waals surface area contributed by atoms with Crippen molar-refractivity contribution in [2.45, 2.75) is 25.6 Å². The molecule has 0 heterocycles. The van der Waals surface area contributed by atoms with E-state index in [0.29, 0.717) is 47.3 Å². The molecule has 4 aromatic carbocycles. The van der Waals surface area contributed by atoms with Gasteiger partial charge in [0.1, 0.15) is 19.0 Å². The third kappa shape index (κ3) is 8.00. The van der Waals surface area contributed by atoms with Gasteiger partial charge in [-0.25, -0.2) is 0 Å². The maximum absolute atomic E-state index is 13.3. The summed E-state index contributed by atoms with van der Waals surface area (Å²) in [5.41, 5.74) is 2.91. The van der Waals surface area contributed by atoms with Gasteiger partial charge in [-0.05, 0) is 59.2 Å². The number of rotatable bonds is 15. The molecule has 0 fully saturated rings. The van der Waals surface area contributed by atoms with E-state index in [1.807, 2.05) is 54.6 Å². The molecule has 4 rings (SSSR count). The van der Waals surface area contributed by atoms with Gasteiger partial charge >= 0.3 is 0 Å². The number of Topliss-reactive ketones (excluding diaryl/α,β-unsaturated/α-hetero) is 1. The zero-order valence-electron chi connectivity index (χ0n) is 23.8. The molecule has 0 saturated heterocycles. The summed E-state index contributed by atoms with van der Waals surface area (Å²) in [6.07, 6.45) is -0.0798. The largest absolute Gasteiger partial charge is 0.497 e. The number of benzene rings is 4. The lowest BCUT2D eigenvalue weighted by Gasteiger charge is -2.17. The van der Waals surface area contributed by atoms with Crippen molar-refractivity contribution in [3.8, 4) is 28.7 Å². The van der Waals surface area contributed by atoms with E-state index in [4.69, 9.17) is 23.7 Å². The van der Waals surface area contributed by atoms with Crippen molar-refractivity contribution in [2.75, 3.05) is 27.9 Å². The lowest BCUT2D eigenvalue weighted by atomic mass is 9.91. The van der Waals surface area contributed by atoms with Crippen molar-refractivity contribution in [1.29, 1.82) is 0 Å². The molecule has 0 spiro atoms. The lowest BCUT2D eigenvalue weighted by molar-refractivity contribution is -0.483. The Labute approximate surface area is 244 Å². The number of ketones is 1. The van der Waals surface area contributed by atoms with Crippen molar-refractivity contribution in [3.63, 3.8) is 0 Å². The summed E-state index contributed by atoms with van der Waals surface area (Å²) in [5, 5.41) is 11.6. The van der Waals surface area contributed by atoms with E-state index in [0.717, 1.165) is 16.9 Å². The van der Waals surface area contributed by atoms with E-state index in [9.17, 15) is 14.9 Å². The van der Waals surface area contributed by atoms with Crippen LogP contribution in [0.3, 0.4) is 0 Å². The smallest absolute Gasteiger partial charge is 0.211 e. The van der Waals surface area contributed by atoms with Crippen LogP contribution in [0.15, 0.2) is 91.0 Å². The van der Waals surface area contributed by atoms with E-state index in [1.54, 1.807) is 43.5 Å². The first kappa shape index (κ1) is 29.9. The van der Waals surface area contributed by atoms with Crippen LogP contribution in [0.1, 0.15) is 39.4 Å². The third-order valence-corrected chi connectivity index (χ3v) is 6.74. The Bertz CT molecular complexity index is 1490. The quantitative estimate of drug-likeness (QED) is 0.0904. The second-order valence-electron chi connectivity index (χ2n) is 9.53. The minimum atomic E-state index is -0.683. The van der Waals surface area contributed by atoms with Gasteiger partial charge in [-0.2, -0.15) is 0 Å². The zero-order valence-corrected chi connectivity index (χ0v) is 23.8. The average molecular weight is 572 g/mol. The SMILES string of the molecule is COc1ccc(COc2ccc(C(CC(=O)c3ccc(OCc4ccccc4)c(OC)c3)C[N+](=O)[O-])cc2OC)cc1. The summed E-state index contributed by atoms with van der Waals surface area (Å²) in [4.78, 5) is 24.4. The first-order valence-corrected chi connectivity index (χ1v) is 13.3. The Morgan fingerprint density at radius 1 is 0.714 bits per heavy atom. The first-order chi connectivity index (χ1) is 20.4. The van der Waals surface area contributed by atoms with Gasteiger partial charge in [-0.15, -0.1) is 0 Å². The second-order valence-corrected chi connectivity index (χ2v) is 9.53. The molecule has 0 aromatic heterocycles. The third-order valence-electron chi connectivity index (χ3n) is 6.74. The van der Waals surface area contributed by atoms with Gasteiger partial charge in [0.05, 0.1) is 27.2 Å². The molecule has 0 bridgehead atoms. The molecule has 9 heteroatoms. The molecule has 0 aliphatic rings. The Morgan fingerprint density at radius 3 is 1.90 bits per heavy atom. The maximum atomic E-state index is 13.3. The van der Waals surface area contributed by atoms with E-state index >= 15 is 0 Å². The number of carbonyl (C=O) groups is 1. The van der Waals surface area contributed by atoms with E-state index in [1.165, 1.54) is 14.2 Å². The Balaban J connectivity index is 1.47. The van der Waals surface area contributed by atoms with Gasteiger partial charge in [0, 0.05) is 16.9 Å². The summed E-state index contributed by atoms with van der Waals surface area (Å²) < 4.78 is 28.0. The summed E-state index contributed by atoms with van der Waals surface area (Å²) in [7, 11) is 4.60. The predicted molar refractivity (Wildman–Crippen MR) is 158 cm³/mol. The molecule has 4 aromatic rings. The number of nitro groups is 1. The van der Waals surface area contributed by atoms with E-state index in [-0.39, 0.29) is 12.2 Å². The van der Waals surface area contributed by atoms with Crippen LogP contribution in [0.4, 0.5) is 0 Å². The number of ether oxygens (including phenoxy) is 5. The summed E-state index contributed by atoms with van der Waals surface area (Å²) >= 11 is 0. The van der Waals surface area contributed by atoms with Gasteiger partial charge in [0.2, 0.25) is 6.54 Å². The molecule has 42 heavy (non-hydrogen) atoms. The highest BCUT2D eigenvalue weighted by Gasteiger charge is 2.24. The van der Waals surface area contributed by atoms with Crippen LogP contribution in [0.2, 0.25) is 0 Å². The Hall–Kier alpha value is -5.05. The second kappa shape index (κ2) is 14.5. The number of hydrogen-bond acceptors (Lipinski definition) is 8. The fourth-order valence-corrected chi connectivity index (χ4v) is 4.45. The number of methoxy groups -OCH3 is 3. The van der Waals surface area contributed by atoms with Crippen LogP contribution >= 0.6 is 0 Å². The van der Waals surface area contributed by atoms with Gasteiger partial charge in [0.25, 0.3) is 0 Å². The summed E-state index contributed by atoms with van der Waals surface area (Å²) in [6, 6.07) is 27.2. The standard InChI is InChI=1S/C33H33NO8/c1-38-28-13-9-24(10-14-28)22-42-30-15-11-25(18-32(30)39-2)27(20-34(36)37)17-29(35)26-12-16-31(33(19-26)40-3)41-21-23-7-5-4-6-8-23/h4-16,18-19,27H,17,20-22H2,1-3H3. The molecule has 0 aliphatic heterocycles. The highest BCUT2D eigenvalue weighted by Crippen LogP contribution is 2.34. The minimum absolute atomic E-state index is 0.0798. The molecular formula is C33H33NO8. The number of carbonyl (C=O) groups excluding carboxylic acids is 1. The van der Waals surface area contributed by atoms with Gasteiger partial charge in [-0.1, -0.05) is 48.5 Å². The molecule has 0 saturated carbocycles. The van der Waals surface area contributed by atoms with Crippen molar-refractivity contribution in [1.82, 2.24) is 0 Å². The van der Waals surface area contributed by atoms with Crippen molar-refractivity contribution in [2.24, 2.45) is 0 Å². The number of nitrogens with zero attached hydrogens (tertiary/aromatic N) is 1. The molecule has 0 N–H and O–H groups in total. The normalized spacial score (nSPS) is 11.3. The number of hydrogen-bond donors (Lipinski definition) is 0. The molecule has 9 nitrogen and oxygen atoms in total. The van der Waals surface area contributed by atoms with Crippen LogP contribution in [-0.2, 0) is 13.2 Å². The molecule has 0 radical (unpaired) electrons. The van der Waals surface area contributed by atoms with Crippen LogP contribution in [0.5, 0.6) is 28.7 Å².